The Labute approximate surface area is 143 Å². The summed E-state index contributed by atoms with van der Waals surface area (Å²) in [5.41, 5.74) is 3.04. The number of anilines is 1. The molecule has 0 saturated carbocycles. The average molecular weight is 343 g/mol. The van der Waals surface area contributed by atoms with Crippen molar-refractivity contribution in [1.29, 1.82) is 0 Å². The third-order valence-corrected chi connectivity index (χ3v) is 5.73. The van der Waals surface area contributed by atoms with E-state index in [1.807, 2.05) is 18.2 Å². The van der Waals surface area contributed by atoms with Gasteiger partial charge in [0.05, 0.1) is 18.2 Å². The quantitative estimate of drug-likeness (QED) is 0.861. The SMILES string of the molecule is COC(=O)c1c(N[C@H]2OC(=O)c3ccccc32)sc2c1CCCC2. The fourth-order valence-corrected chi connectivity index (χ4v) is 4.65. The lowest BCUT2D eigenvalue weighted by atomic mass is 9.95. The molecule has 5 nitrogen and oxygen atoms in total. The highest BCUT2D eigenvalue weighted by Gasteiger charge is 2.33. The number of aryl methyl sites for hydroxylation is 1. The number of hydrogen-bond donors (Lipinski definition) is 1. The first-order valence-corrected chi connectivity index (χ1v) is 8.80. The second-order valence-electron chi connectivity index (χ2n) is 5.92. The van der Waals surface area contributed by atoms with Crippen molar-refractivity contribution in [2.24, 2.45) is 0 Å². The number of hydrogen-bond acceptors (Lipinski definition) is 6. The van der Waals surface area contributed by atoms with Crippen LogP contribution >= 0.6 is 11.3 Å². The molecule has 6 heteroatoms. The zero-order valence-corrected chi connectivity index (χ0v) is 14.1. The largest absolute Gasteiger partial charge is 0.465 e. The molecule has 24 heavy (non-hydrogen) atoms. The molecule has 0 radical (unpaired) electrons. The first-order valence-electron chi connectivity index (χ1n) is 7.98. The number of rotatable bonds is 3. The Balaban J connectivity index is 1.72. The molecule has 1 aliphatic heterocycles. The van der Waals surface area contributed by atoms with E-state index in [4.69, 9.17) is 9.47 Å². The Morgan fingerprint density at radius 2 is 2.08 bits per heavy atom. The third-order valence-electron chi connectivity index (χ3n) is 4.51. The van der Waals surface area contributed by atoms with Crippen molar-refractivity contribution in [3.63, 3.8) is 0 Å². The monoisotopic (exact) mass is 343 g/mol. The summed E-state index contributed by atoms with van der Waals surface area (Å²) in [6.07, 6.45) is 3.51. The van der Waals surface area contributed by atoms with E-state index in [1.165, 1.54) is 12.0 Å². The Morgan fingerprint density at radius 3 is 2.92 bits per heavy atom. The average Bonchev–Trinajstić information content (AvgIpc) is 3.13. The van der Waals surface area contributed by atoms with Gasteiger partial charge in [0.15, 0.2) is 0 Å². The van der Waals surface area contributed by atoms with E-state index in [-0.39, 0.29) is 11.9 Å². The van der Waals surface area contributed by atoms with Crippen molar-refractivity contribution in [2.45, 2.75) is 31.9 Å². The van der Waals surface area contributed by atoms with Crippen molar-refractivity contribution in [3.8, 4) is 0 Å². The first kappa shape index (κ1) is 15.2. The molecule has 1 aromatic carbocycles. The predicted molar refractivity (Wildman–Crippen MR) is 90.5 cm³/mol. The number of esters is 2. The van der Waals surface area contributed by atoms with Gasteiger partial charge in [-0.2, -0.15) is 0 Å². The zero-order valence-electron chi connectivity index (χ0n) is 13.3. The smallest absolute Gasteiger partial charge is 0.341 e. The standard InChI is InChI=1S/C18H17NO4S/c1-22-18(21)14-12-8-4-5-9-13(12)24-16(14)19-15-10-6-2-3-7-11(10)17(20)23-15/h2-3,6-7,15,19H,4-5,8-9H2,1H3/t15-/m0/s1. The molecule has 0 saturated heterocycles. The summed E-state index contributed by atoms with van der Waals surface area (Å²) in [6, 6.07) is 7.30. The van der Waals surface area contributed by atoms with Crippen LogP contribution < -0.4 is 5.32 Å². The lowest BCUT2D eigenvalue weighted by molar-refractivity contribution is 0.0437. The number of cyclic esters (lactones) is 1. The minimum Gasteiger partial charge on any atom is -0.465 e. The normalized spacial score (nSPS) is 18.5. The van der Waals surface area contributed by atoms with Crippen molar-refractivity contribution in [3.05, 3.63) is 51.4 Å². The number of carbonyl (C=O) groups excluding carboxylic acids is 2. The molecule has 1 aliphatic carbocycles. The minimum atomic E-state index is -0.572. The number of methoxy groups -OCH3 is 1. The van der Waals surface area contributed by atoms with E-state index in [0.29, 0.717) is 11.1 Å². The Hall–Kier alpha value is -2.34. The van der Waals surface area contributed by atoms with Gasteiger partial charge in [-0.1, -0.05) is 18.2 Å². The van der Waals surface area contributed by atoms with Gasteiger partial charge in [0.25, 0.3) is 0 Å². The van der Waals surface area contributed by atoms with Crippen LogP contribution in [0.5, 0.6) is 0 Å². The topological polar surface area (TPSA) is 64.6 Å². The van der Waals surface area contributed by atoms with E-state index < -0.39 is 6.23 Å². The first-order chi connectivity index (χ1) is 11.7. The van der Waals surface area contributed by atoms with Crippen LogP contribution in [-0.2, 0) is 22.3 Å². The summed E-state index contributed by atoms with van der Waals surface area (Å²) in [7, 11) is 1.39. The molecule has 4 rings (SSSR count). The summed E-state index contributed by atoms with van der Waals surface area (Å²) in [6.45, 7) is 0. The van der Waals surface area contributed by atoms with Gasteiger partial charge in [0, 0.05) is 10.4 Å². The van der Waals surface area contributed by atoms with Gasteiger partial charge in [-0.15, -0.1) is 11.3 Å². The van der Waals surface area contributed by atoms with Crippen LogP contribution in [0.4, 0.5) is 5.00 Å². The predicted octanol–water partition coefficient (Wildman–Crippen LogP) is 3.69. The summed E-state index contributed by atoms with van der Waals surface area (Å²) in [5.74, 6) is -0.682. The van der Waals surface area contributed by atoms with Crippen LogP contribution in [-0.4, -0.2) is 19.0 Å². The highest BCUT2D eigenvalue weighted by atomic mass is 32.1. The van der Waals surface area contributed by atoms with E-state index in [2.05, 4.69) is 5.32 Å². The minimum absolute atomic E-state index is 0.338. The van der Waals surface area contributed by atoms with Crippen molar-refractivity contribution in [1.82, 2.24) is 0 Å². The molecule has 1 aromatic heterocycles. The maximum Gasteiger partial charge on any atom is 0.341 e. The molecule has 0 fully saturated rings. The van der Waals surface area contributed by atoms with Gasteiger partial charge in [0.1, 0.15) is 5.00 Å². The molecule has 2 aromatic rings. The van der Waals surface area contributed by atoms with Gasteiger partial charge in [-0.25, -0.2) is 9.59 Å². The van der Waals surface area contributed by atoms with Crippen molar-refractivity contribution < 1.29 is 19.1 Å². The molecule has 0 bridgehead atoms. The number of carbonyl (C=O) groups is 2. The van der Waals surface area contributed by atoms with Crippen LogP contribution in [0.15, 0.2) is 24.3 Å². The van der Waals surface area contributed by atoms with Gasteiger partial charge in [-0.05, 0) is 37.3 Å². The summed E-state index contributed by atoms with van der Waals surface area (Å²) in [5, 5.41) is 3.97. The van der Waals surface area contributed by atoms with E-state index in [9.17, 15) is 9.59 Å². The molecule has 0 unspecified atom stereocenters. The van der Waals surface area contributed by atoms with Crippen LogP contribution in [0, 0.1) is 0 Å². The Kier molecular flexibility index (Phi) is 3.76. The fourth-order valence-electron chi connectivity index (χ4n) is 3.36. The zero-order chi connectivity index (χ0) is 16.7. The fraction of sp³-hybridized carbons (Fsp3) is 0.333. The maximum atomic E-state index is 12.3. The molecule has 124 valence electrons. The lowest BCUT2D eigenvalue weighted by Gasteiger charge is -2.15. The Bertz CT molecular complexity index is 826. The lowest BCUT2D eigenvalue weighted by Crippen LogP contribution is -2.14. The number of ether oxygens (including phenoxy) is 2. The van der Waals surface area contributed by atoms with Crippen LogP contribution in [0.2, 0.25) is 0 Å². The second-order valence-corrected chi connectivity index (χ2v) is 7.03. The third kappa shape index (κ3) is 2.38. The highest BCUT2D eigenvalue weighted by Crippen LogP contribution is 2.41. The van der Waals surface area contributed by atoms with Crippen LogP contribution in [0.25, 0.3) is 0 Å². The van der Waals surface area contributed by atoms with E-state index in [0.717, 1.165) is 41.8 Å². The number of thiophene rings is 1. The molecule has 2 heterocycles. The molecule has 0 spiro atoms. The highest BCUT2D eigenvalue weighted by molar-refractivity contribution is 7.16. The van der Waals surface area contributed by atoms with E-state index >= 15 is 0 Å². The number of benzene rings is 1. The maximum absolute atomic E-state index is 12.3. The summed E-state index contributed by atoms with van der Waals surface area (Å²) >= 11 is 1.57. The van der Waals surface area contributed by atoms with E-state index in [1.54, 1.807) is 17.4 Å². The number of fused-ring (bicyclic) bond motifs is 2. The molecular weight excluding hydrogens is 326 g/mol. The molecular formula is C18H17NO4S. The summed E-state index contributed by atoms with van der Waals surface area (Å²) in [4.78, 5) is 25.5. The molecule has 2 aliphatic rings. The second kappa shape index (κ2) is 5.94. The Morgan fingerprint density at radius 1 is 1.29 bits per heavy atom. The van der Waals surface area contributed by atoms with Crippen LogP contribution in [0.1, 0.15) is 55.8 Å². The molecule has 1 N–H and O–H groups in total. The van der Waals surface area contributed by atoms with Gasteiger partial charge in [-0.3, -0.25) is 0 Å². The van der Waals surface area contributed by atoms with Gasteiger partial charge < -0.3 is 14.8 Å². The van der Waals surface area contributed by atoms with Gasteiger partial charge >= 0.3 is 11.9 Å². The van der Waals surface area contributed by atoms with Crippen molar-refractivity contribution >= 4 is 28.3 Å². The van der Waals surface area contributed by atoms with Crippen LogP contribution in [0.3, 0.4) is 0 Å². The summed E-state index contributed by atoms with van der Waals surface area (Å²) < 4.78 is 10.4. The molecule has 0 amide bonds. The van der Waals surface area contributed by atoms with Crippen molar-refractivity contribution in [2.75, 3.05) is 12.4 Å². The number of nitrogens with one attached hydrogen (secondary N) is 1. The van der Waals surface area contributed by atoms with Gasteiger partial charge in [0.2, 0.25) is 6.23 Å². The molecule has 1 atom stereocenters.